The summed E-state index contributed by atoms with van der Waals surface area (Å²) < 4.78 is 1.89. The van der Waals surface area contributed by atoms with Crippen molar-refractivity contribution in [1.29, 1.82) is 0 Å². The van der Waals surface area contributed by atoms with Gasteiger partial charge >= 0.3 is 0 Å². The van der Waals surface area contributed by atoms with E-state index >= 15 is 0 Å². The van der Waals surface area contributed by atoms with E-state index in [1.165, 1.54) is 0 Å². The van der Waals surface area contributed by atoms with Gasteiger partial charge in [0.15, 0.2) is 0 Å². The lowest BCUT2D eigenvalue weighted by Crippen LogP contribution is -1.88. The van der Waals surface area contributed by atoms with Gasteiger partial charge in [-0.25, -0.2) is 0 Å². The predicted molar refractivity (Wildman–Crippen MR) is 49.6 cm³/mol. The van der Waals surface area contributed by atoms with E-state index in [1.54, 1.807) is 0 Å². The van der Waals surface area contributed by atoms with Crippen LogP contribution in [0.25, 0.3) is 5.69 Å². The highest BCUT2D eigenvalue weighted by molar-refractivity contribution is 6.30. The summed E-state index contributed by atoms with van der Waals surface area (Å²) in [5.74, 6) is 0. The maximum atomic E-state index is 5.83. The van der Waals surface area contributed by atoms with Crippen LogP contribution >= 0.6 is 11.6 Å². The van der Waals surface area contributed by atoms with Gasteiger partial charge in [0.05, 0.1) is 6.20 Å². The Morgan fingerprint density at radius 1 is 1.25 bits per heavy atom. The summed E-state index contributed by atoms with van der Waals surface area (Å²) in [7, 11) is 0. The minimum Gasteiger partial charge on any atom is -0.315 e. The van der Waals surface area contributed by atoms with Crippen LogP contribution in [0.1, 0.15) is 0 Å². The second kappa shape index (κ2) is 3.03. The first-order valence-corrected chi connectivity index (χ1v) is 4.05. The Balaban J connectivity index is 2.48. The third-order valence-electron chi connectivity index (χ3n) is 1.63. The summed E-state index contributed by atoms with van der Waals surface area (Å²) in [4.78, 5) is 0. The summed E-state index contributed by atoms with van der Waals surface area (Å²) in [6.07, 6.45) is 4.97. The summed E-state index contributed by atoms with van der Waals surface area (Å²) in [6, 6.07) is 11.5. The highest BCUT2D eigenvalue weighted by atomic mass is 35.5. The molecular formula is C10H7ClN. The van der Waals surface area contributed by atoms with Gasteiger partial charge in [0.25, 0.3) is 0 Å². The van der Waals surface area contributed by atoms with Crippen LogP contribution in [0.3, 0.4) is 0 Å². The molecule has 0 fully saturated rings. The number of benzene rings is 1. The molecule has 0 bridgehead atoms. The molecule has 0 aliphatic heterocycles. The molecule has 12 heavy (non-hydrogen) atoms. The van der Waals surface area contributed by atoms with E-state index in [4.69, 9.17) is 11.6 Å². The minimum atomic E-state index is 0.745. The van der Waals surface area contributed by atoms with Crippen molar-refractivity contribution in [1.82, 2.24) is 4.57 Å². The van der Waals surface area contributed by atoms with Gasteiger partial charge < -0.3 is 4.57 Å². The molecule has 0 saturated heterocycles. The standard InChI is InChI=1S/C10H7ClN/c11-9-4-3-5-10(8-9)12-6-1-2-7-12/h1-6,8H. The van der Waals surface area contributed by atoms with Crippen molar-refractivity contribution < 1.29 is 0 Å². The third-order valence-corrected chi connectivity index (χ3v) is 1.87. The molecule has 0 atom stereocenters. The first kappa shape index (κ1) is 7.44. The van der Waals surface area contributed by atoms with Gasteiger partial charge in [-0.15, -0.1) is 0 Å². The SMILES string of the molecule is Clc1cccc(-n2[c]ccc2)c1. The van der Waals surface area contributed by atoms with Crippen LogP contribution in [0.2, 0.25) is 5.02 Å². The van der Waals surface area contributed by atoms with Crippen LogP contribution in [0.15, 0.2) is 42.6 Å². The van der Waals surface area contributed by atoms with E-state index in [0.29, 0.717) is 0 Å². The van der Waals surface area contributed by atoms with Crippen LogP contribution in [-0.2, 0) is 0 Å². The monoisotopic (exact) mass is 176 g/mol. The molecule has 1 radical (unpaired) electrons. The first-order valence-electron chi connectivity index (χ1n) is 3.67. The van der Waals surface area contributed by atoms with Crippen LogP contribution in [-0.4, -0.2) is 4.57 Å². The van der Waals surface area contributed by atoms with Gasteiger partial charge in [0.2, 0.25) is 0 Å². The Hall–Kier alpha value is -1.21. The molecule has 0 amide bonds. The Morgan fingerprint density at radius 3 is 2.83 bits per heavy atom. The van der Waals surface area contributed by atoms with Crippen molar-refractivity contribution in [3.63, 3.8) is 0 Å². The molecule has 1 aromatic heterocycles. The topological polar surface area (TPSA) is 4.93 Å². The molecule has 2 rings (SSSR count). The first-order chi connectivity index (χ1) is 5.86. The Morgan fingerprint density at radius 2 is 2.17 bits per heavy atom. The molecule has 2 heteroatoms. The normalized spacial score (nSPS) is 10.1. The van der Waals surface area contributed by atoms with Crippen molar-refractivity contribution in [3.8, 4) is 5.69 Å². The van der Waals surface area contributed by atoms with Crippen LogP contribution < -0.4 is 0 Å². The Labute approximate surface area is 76.2 Å². The van der Waals surface area contributed by atoms with Gasteiger partial charge in [-0.2, -0.15) is 0 Å². The molecule has 0 N–H and O–H groups in total. The van der Waals surface area contributed by atoms with Crippen LogP contribution in [0.5, 0.6) is 0 Å². The fourth-order valence-electron chi connectivity index (χ4n) is 1.08. The highest BCUT2D eigenvalue weighted by Crippen LogP contribution is 2.13. The molecule has 1 nitrogen and oxygen atoms in total. The van der Waals surface area contributed by atoms with E-state index in [9.17, 15) is 0 Å². The van der Waals surface area contributed by atoms with Gasteiger partial charge in [-0.05, 0) is 30.3 Å². The molecule has 1 aromatic carbocycles. The zero-order valence-electron chi connectivity index (χ0n) is 6.37. The number of nitrogens with zero attached hydrogens (tertiary/aromatic N) is 1. The fourth-order valence-corrected chi connectivity index (χ4v) is 1.27. The highest BCUT2D eigenvalue weighted by Gasteiger charge is 1.94. The zero-order valence-corrected chi connectivity index (χ0v) is 7.12. The molecule has 0 unspecified atom stereocenters. The number of aromatic nitrogens is 1. The lowest BCUT2D eigenvalue weighted by molar-refractivity contribution is 1.07. The molecule has 1 heterocycles. The van der Waals surface area contributed by atoms with Crippen LogP contribution in [0.4, 0.5) is 0 Å². The molecule has 0 aliphatic carbocycles. The van der Waals surface area contributed by atoms with Gasteiger partial charge in [0.1, 0.15) is 0 Å². The smallest absolute Gasteiger partial charge is 0.0697 e. The predicted octanol–water partition coefficient (Wildman–Crippen LogP) is 2.93. The lowest BCUT2D eigenvalue weighted by Gasteiger charge is -2.00. The average molecular weight is 177 g/mol. The molecular weight excluding hydrogens is 170 g/mol. The fraction of sp³-hybridized carbons (Fsp3) is 0. The number of halogens is 1. The number of hydrogen-bond donors (Lipinski definition) is 0. The summed E-state index contributed by atoms with van der Waals surface area (Å²) in [6.45, 7) is 0. The van der Waals surface area contributed by atoms with E-state index in [2.05, 4.69) is 6.20 Å². The van der Waals surface area contributed by atoms with Crippen molar-refractivity contribution in [2.75, 3.05) is 0 Å². The second-order valence-electron chi connectivity index (χ2n) is 2.49. The summed E-state index contributed by atoms with van der Waals surface area (Å²) in [5.41, 5.74) is 1.03. The van der Waals surface area contributed by atoms with E-state index in [-0.39, 0.29) is 0 Å². The average Bonchev–Trinajstić information content (AvgIpc) is 2.56. The molecule has 0 spiro atoms. The lowest BCUT2D eigenvalue weighted by atomic mass is 10.3. The van der Waals surface area contributed by atoms with E-state index in [0.717, 1.165) is 10.7 Å². The molecule has 0 aliphatic rings. The number of rotatable bonds is 1. The van der Waals surface area contributed by atoms with Gasteiger partial charge in [0, 0.05) is 16.9 Å². The van der Waals surface area contributed by atoms with Crippen molar-refractivity contribution in [2.24, 2.45) is 0 Å². The van der Waals surface area contributed by atoms with Gasteiger partial charge in [-0.1, -0.05) is 17.7 Å². The summed E-state index contributed by atoms with van der Waals surface area (Å²) >= 11 is 5.83. The zero-order chi connectivity index (χ0) is 8.39. The number of hydrogen-bond acceptors (Lipinski definition) is 0. The maximum absolute atomic E-state index is 5.83. The van der Waals surface area contributed by atoms with Crippen molar-refractivity contribution >= 4 is 11.6 Å². The van der Waals surface area contributed by atoms with Crippen molar-refractivity contribution in [3.05, 3.63) is 53.8 Å². The Kier molecular flexibility index (Phi) is 1.88. The van der Waals surface area contributed by atoms with Crippen molar-refractivity contribution in [2.45, 2.75) is 0 Å². The molecule has 59 valence electrons. The quantitative estimate of drug-likeness (QED) is 0.630. The largest absolute Gasteiger partial charge is 0.315 e. The summed E-state index contributed by atoms with van der Waals surface area (Å²) in [5, 5.41) is 0.745. The molecule has 2 aromatic rings. The minimum absolute atomic E-state index is 0.745. The van der Waals surface area contributed by atoms with Crippen LogP contribution in [0, 0.1) is 6.20 Å². The molecule has 0 saturated carbocycles. The maximum Gasteiger partial charge on any atom is 0.0697 e. The second-order valence-corrected chi connectivity index (χ2v) is 2.92. The Bertz CT molecular complexity index is 365. The third kappa shape index (κ3) is 1.36. The van der Waals surface area contributed by atoms with Gasteiger partial charge in [-0.3, -0.25) is 0 Å². The van der Waals surface area contributed by atoms with E-state index < -0.39 is 0 Å². The van der Waals surface area contributed by atoms with E-state index in [1.807, 2.05) is 47.2 Å².